The van der Waals surface area contributed by atoms with Crippen LogP contribution in [0.15, 0.2) is 22.7 Å². The zero-order valence-electron chi connectivity index (χ0n) is 11.7. The molecule has 1 atom stereocenters. The van der Waals surface area contributed by atoms with Gasteiger partial charge in [0.2, 0.25) is 0 Å². The maximum absolute atomic E-state index is 12.5. The van der Waals surface area contributed by atoms with Gasteiger partial charge in [-0.1, -0.05) is 23.8 Å². The number of piperazine rings is 1. The molecule has 0 aromatic heterocycles. The van der Waals surface area contributed by atoms with Crippen molar-refractivity contribution >= 4 is 50.6 Å². The molecular formula is C14H17BrClN3OS. The number of thiocarbonyl (C=S) groups is 1. The highest BCUT2D eigenvalue weighted by Gasteiger charge is 2.26. The summed E-state index contributed by atoms with van der Waals surface area (Å²) in [6.45, 7) is 4.88. The van der Waals surface area contributed by atoms with E-state index in [9.17, 15) is 4.79 Å². The normalized spacial score (nSPS) is 17.6. The summed E-state index contributed by atoms with van der Waals surface area (Å²) in [7, 11) is 0. The number of amides is 1. The largest absolute Gasteiger partial charge is 0.392 e. The molecule has 0 saturated carbocycles. The summed E-state index contributed by atoms with van der Waals surface area (Å²) >= 11 is 14.3. The minimum Gasteiger partial charge on any atom is -0.392 e. The molecular weight excluding hydrogens is 374 g/mol. The molecule has 2 N–H and O–H groups in total. The fourth-order valence-electron chi connectivity index (χ4n) is 2.33. The minimum atomic E-state index is 0.0150. The van der Waals surface area contributed by atoms with E-state index in [4.69, 9.17) is 29.6 Å². The highest BCUT2D eigenvalue weighted by atomic mass is 79.9. The molecule has 1 heterocycles. The van der Waals surface area contributed by atoms with Crippen molar-refractivity contribution in [2.24, 2.45) is 5.73 Å². The summed E-state index contributed by atoms with van der Waals surface area (Å²) in [6, 6.07) is 5.28. The van der Waals surface area contributed by atoms with Crippen LogP contribution < -0.4 is 5.73 Å². The van der Waals surface area contributed by atoms with Gasteiger partial charge in [-0.25, -0.2) is 0 Å². The van der Waals surface area contributed by atoms with Crippen LogP contribution in [0.3, 0.4) is 0 Å². The molecule has 1 aromatic carbocycles. The van der Waals surface area contributed by atoms with Crippen LogP contribution in [0.4, 0.5) is 0 Å². The number of carbonyl (C=O) groups is 1. The summed E-state index contributed by atoms with van der Waals surface area (Å²) in [4.78, 5) is 17.1. The Labute approximate surface area is 143 Å². The monoisotopic (exact) mass is 389 g/mol. The molecule has 1 saturated heterocycles. The molecule has 1 aromatic rings. The van der Waals surface area contributed by atoms with Gasteiger partial charge in [0.25, 0.3) is 5.91 Å². The SMILES string of the molecule is CC(C(N)=S)N1CCN(C(=O)c2ccc(Cl)cc2Br)CC1. The number of rotatable bonds is 3. The zero-order chi connectivity index (χ0) is 15.6. The quantitative estimate of drug-likeness (QED) is 0.806. The van der Waals surface area contributed by atoms with Crippen molar-refractivity contribution in [3.05, 3.63) is 33.3 Å². The molecule has 1 aliphatic rings. The summed E-state index contributed by atoms with van der Waals surface area (Å²) < 4.78 is 0.721. The van der Waals surface area contributed by atoms with E-state index in [-0.39, 0.29) is 11.9 Å². The van der Waals surface area contributed by atoms with Gasteiger partial charge in [0.1, 0.15) is 0 Å². The van der Waals surface area contributed by atoms with Crippen molar-refractivity contribution in [2.45, 2.75) is 13.0 Å². The molecule has 1 amide bonds. The van der Waals surface area contributed by atoms with Crippen molar-refractivity contribution in [1.29, 1.82) is 0 Å². The second kappa shape index (κ2) is 7.05. The van der Waals surface area contributed by atoms with Crippen molar-refractivity contribution < 1.29 is 4.79 Å². The lowest BCUT2D eigenvalue weighted by Crippen LogP contribution is -2.54. The highest BCUT2D eigenvalue weighted by Crippen LogP contribution is 2.23. The second-order valence-electron chi connectivity index (χ2n) is 5.03. The first-order valence-corrected chi connectivity index (χ1v) is 8.25. The van der Waals surface area contributed by atoms with E-state index < -0.39 is 0 Å². The number of nitrogens with two attached hydrogens (primary N) is 1. The van der Waals surface area contributed by atoms with Gasteiger partial charge in [0, 0.05) is 35.7 Å². The molecule has 114 valence electrons. The molecule has 1 fully saturated rings. The van der Waals surface area contributed by atoms with Crippen LogP contribution in [0, 0.1) is 0 Å². The van der Waals surface area contributed by atoms with Gasteiger partial charge in [-0.2, -0.15) is 0 Å². The molecule has 4 nitrogen and oxygen atoms in total. The summed E-state index contributed by atoms with van der Waals surface area (Å²) in [5, 5.41) is 0.605. The van der Waals surface area contributed by atoms with Crippen LogP contribution in [0.1, 0.15) is 17.3 Å². The smallest absolute Gasteiger partial charge is 0.255 e. The fourth-order valence-corrected chi connectivity index (χ4v) is 3.33. The topological polar surface area (TPSA) is 49.6 Å². The van der Waals surface area contributed by atoms with E-state index in [0.29, 0.717) is 28.7 Å². The number of carbonyl (C=O) groups excluding carboxylic acids is 1. The van der Waals surface area contributed by atoms with E-state index in [2.05, 4.69) is 20.8 Å². The van der Waals surface area contributed by atoms with Crippen LogP contribution in [-0.2, 0) is 0 Å². The predicted octanol–water partition coefficient (Wildman–Crippen LogP) is 2.53. The third-order valence-corrected chi connectivity index (χ3v) is 4.95. The maximum atomic E-state index is 12.5. The van der Waals surface area contributed by atoms with Crippen LogP contribution in [0.5, 0.6) is 0 Å². The Kier molecular flexibility index (Phi) is 5.60. The van der Waals surface area contributed by atoms with Gasteiger partial charge in [-0.3, -0.25) is 9.69 Å². The minimum absolute atomic E-state index is 0.0150. The summed E-state index contributed by atoms with van der Waals surface area (Å²) in [5.74, 6) is 0.0150. The number of hydrogen-bond acceptors (Lipinski definition) is 3. The van der Waals surface area contributed by atoms with Crippen molar-refractivity contribution in [3.8, 4) is 0 Å². The Morgan fingerprint density at radius 3 is 2.52 bits per heavy atom. The van der Waals surface area contributed by atoms with Crippen molar-refractivity contribution in [2.75, 3.05) is 26.2 Å². The average molecular weight is 391 g/mol. The maximum Gasteiger partial charge on any atom is 0.255 e. The Balaban J connectivity index is 2.02. The van der Waals surface area contributed by atoms with Crippen LogP contribution >= 0.6 is 39.7 Å². The standard InChI is InChI=1S/C14H17BrClN3OS/c1-9(13(17)21)18-4-6-19(7-5-18)14(20)11-3-2-10(16)8-12(11)15/h2-3,8-9H,4-7H2,1H3,(H2,17,21). The molecule has 0 aliphatic carbocycles. The lowest BCUT2D eigenvalue weighted by molar-refractivity contribution is 0.0621. The van der Waals surface area contributed by atoms with Gasteiger partial charge in [0.05, 0.1) is 16.6 Å². The lowest BCUT2D eigenvalue weighted by Gasteiger charge is -2.37. The summed E-state index contributed by atoms with van der Waals surface area (Å²) in [5.41, 5.74) is 6.31. The second-order valence-corrected chi connectivity index (χ2v) is 6.79. The molecule has 1 unspecified atom stereocenters. The van der Waals surface area contributed by atoms with Crippen molar-refractivity contribution in [3.63, 3.8) is 0 Å². The predicted molar refractivity (Wildman–Crippen MR) is 92.9 cm³/mol. The van der Waals surface area contributed by atoms with Gasteiger partial charge in [-0.15, -0.1) is 0 Å². The number of halogens is 2. The zero-order valence-corrected chi connectivity index (χ0v) is 14.8. The first kappa shape index (κ1) is 16.7. The van der Waals surface area contributed by atoms with Gasteiger partial charge in [-0.05, 0) is 41.1 Å². The van der Waals surface area contributed by atoms with E-state index in [1.165, 1.54) is 0 Å². The first-order chi connectivity index (χ1) is 9.90. The average Bonchev–Trinajstić information content (AvgIpc) is 2.46. The Morgan fingerprint density at radius 2 is 2.00 bits per heavy atom. The van der Waals surface area contributed by atoms with Crippen LogP contribution in [0.2, 0.25) is 5.02 Å². The number of hydrogen-bond donors (Lipinski definition) is 1. The molecule has 0 bridgehead atoms. The van der Waals surface area contributed by atoms with Gasteiger partial charge >= 0.3 is 0 Å². The van der Waals surface area contributed by atoms with Crippen LogP contribution in [-0.4, -0.2) is 52.9 Å². The number of nitrogens with zero attached hydrogens (tertiary/aromatic N) is 2. The fraction of sp³-hybridized carbons (Fsp3) is 0.429. The lowest BCUT2D eigenvalue weighted by atomic mass is 10.1. The van der Waals surface area contributed by atoms with E-state index >= 15 is 0 Å². The molecule has 2 rings (SSSR count). The molecule has 0 spiro atoms. The first-order valence-electron chi connectivity index (χ1n) is 6.68. The third-order valence-electron chi connectivity index (χ3n) is 3.72. The van der Waals surface area contributed by atoms with Gasteiger partial charge < -0.3 is 10.6 Å². The van der Waals surface area contributed by atoms with E-state index in [1.54, 1.807) is 18.2 Å². The van der Waals surface area contributed by atoms with E-state index in [0.717, 1.165) is 17.6 Å². The third kappa shape index (κ3) is 3.94. The Hall–Kier alpha value is -0.690. The highest BCUT2D eigenvalue weighted by molar-refractivity contribution is 9.10. The Morgan fingerprint density at radius 1 is 1.38 bits per heavy atom. The molecule has 1 aliphatic heterocycles. The molecule has 0 radical (unpaired) electrons. The summed E-state index contributed by atoms with van der Waals surface area (Å²) in [6.07, 6.45) is 0. The van der Waals surface area contributed by atoms with Crippen LogP contribution in [0.25, 0.3) is 0 Å². The Bertz CT molecular complexity index is 561. The molecule has 7 heteroatoms. The van der Waals surface area contributed by atoms with Crippen molar-refractivity contribution in [1.82, 2.24) is 9.80 Å². The number of benzene rings is 1. The van der Waals surface area contributed by atoms with Gasteiger partial charge in [0.15, 0.2) is 0 Å². The van der Waals surface area contributed by atoms with E-state index in [1.807, 2.05) is 11.8 Å². The molecule has 21 heavy (non-hydrogen) atoms.